The van der Waals surface area contributed by atoms with E-state index < -0.39 is 0 Å². The van der Waals surface area contributed by atoms with Gasteiger partial charge in [0, 0.05) is 5.54 Å². The summed E-state index contributed by atoms with van der Waals surface area (Å²) in [6, 6.07) is 6.01. The summed E-state index contributed by atoms with van der Waals surface area (Å²) in [6.07, 6.45) is 2.12. The molecule has 114 valence electrons. The maximum Gasteiger partial charge on any atom is 0.141 e. The first-order valence-corrected chi connectivity index (χ1v) is 7.30. The molecule has 0 unspecified atom stereocenters. The lowest BCUT2D eigenvalue weighted by atomic mass is 9.82. The summed E-state index contributed by atoms with van der Waals surface area (Å²) in [5.41, 5.74) is 8.36. The lowest BCUT2D eigenvalue weighted by Crippen LogP contribution is -2.43. The molecule has 0 saturated heterocycles. The molecule has 0 spiro atoms. The Morgan fingerprint density at radius 1 is 1.15 bits per heavy atom. The number of rotatable bonds is 6. The number of nitrogens with two attached hydrogens (primary N) is 1. The highest BCUT2D eigenvalue weighted by molar-refractivity contribution is 5.54. The fourth-order valence-corrected chi connectivity index (χ4v) is 2.87. The lowest BCUT2D eigenvalue weighted by Gasteiger charge is -2.33. The number of methoxy groups -OCH3 is 1. The fraction of sp³-hybridized carbons (Fsp3) is 0.647. The van der Waals surface area contributed by atoms with E-state index in [9.17, 15) is 0 Å². The van der Waals surface area contributed by atoms with Gasteiger partial charge in [-0.05, 0) is 56.3 Å². The van der Waals surface area contributed by atoms with Gasteiger partial charge in [-0.15, -0.1) is 0 Å². The molecule has 0 fully saturated rings. The van der Waals surface area contributed by atoms with Crippen LogP contribution in [0, 0.1) is 5.41 Å². The van der Waals surface area contributed by atoms with Gasteiger partial charge in [-0.25, -0.2) is 0 Å². The lowest BCUT2D eigenvalue weighted by molar-refractivity contribution is 0.243. The molecule has 0 bridgehead atoms. The van der Waals surface area contributed by atoms with Crippen molar-refractivity contribution in [2.75, 3.05) is 19.4 Å². The molecule has 0 saturated carbocycles. The average molecular weight is 278 g/mol. The number of benzene rings is 1. The molecule has 3 heteroatoms. The zero-order valence-corrected chi connectivity index (χ0v) is 13.8. The summed E-state index contributed by atoms with van der Waals surface area (Å²) >= 11 is 0. The van der Waals surface area contributed by atoms with Crippen LogP contribution in [0.25, 0.3) is 0 Å². The van der Waals surface area contributed by atoms with Crippen LogP contribution in [-0.4, -0.2) is 19.2 Å². The molecule has 0 aliphatic carbocycles. The van der Waals surface area contributed by atoms with Crippen LogP contribution < -0.4 is 15.8 Å². The predicted octanol–water partition coefficient (Wildman–Crippen LogP) is 3.62. The minimum absolute atomic E-state index is 0.149. The third-order valence-electron chi connectivity index (χ3n) is 3.28. The first-order valence-electron chi connectivity index (χ1n) is 7.30. The fourth-order valence-electron chi connectivity index (χ4n) is 2.87. The number of nitrogens with one attached hydrogen (secondary N) is 1. The van der Waals surface area contributed by atoms with Crippen molar-refractivity contribution in [1.29, 1.82) is 0 Å². The molecule has 0 atom stereocenters. The van der Waals surface area contributed by atoms with Gasteiger partial charge >= 0.3 is 0 Å². The molecule has 0 radical (unpaired) electrons. The summed E-state index contributed by atoms with van der Waals surface area (Å²) in [5, 5.41) is 3.64. The van der Waals surface area contributed by atoms with Crippen LogP contribution in [0.1, 0.15) is 46.6 Å². The van der Waals surface area contributed by atoms with Gasteiger partial charge in [0.1, 0.15) is 5.75 Å². The Balaban J connectivity index is 2.50. The van der Waals surface area contributed by atoms with E-state index in [1.165, 1.54) is 5.56 Å². The molecule has 0 aliphatic heterocycles. The minimum Gasteiger partial charge on any atom is -0.495 e. The highest BCUT2D eigenvalue weighted by Crippen LogP contribution is 2.27. The first kappa shape index (κ1) is 16.8. The van der Waals surface area contributed by atoms with Crippen LogP contribution in [0.4, 0.5) is 5.69 Å². The van der Waals surface area contributed by atoms with E-state index in [0.29, 0.717) is 11.1 Å². The minimum atomic E-state index is 0.149. The number of anilines is 1. The average Bonchev–Trinajstić information content (AvgIpc) is 2.25. The summed E-state index contributed by atoms with van der Waals surface area (Å²) in [6.45, 7) is 12.3. The van der Waals surface area contributed by atoms with Crippen molar-refractivity contribution in [3.63, 3.8) is 0 Å². The second kappa shape index (κ2) is 6.49. The van der Waals surface area contributed by atoms with Gasteiger partial charge in [-0.1, -0.05) is 26.8 Å². The van der Waals surface area contributed by atoms with Gasteiger partial charge in [-0.3, -0.25) is 0 Å². The Bertz CT molecular complexity index is 433. The summed E-state index contributed by atoms with van der Waals surface area (Å²) in [5.74, 6) is 0.745. The molecule has 0 amide bonds. The van der Waals surface area contributed by atoms with Gasteiger partial charge in [0.15, 0.2) is 0 Å². The van der Waals surface area contributed by atoms with Gasteiger partial charge in [0.2, 0.25) is 0 Å². The normalized spacial score (nSPS) is 12.5. The Morgan fingerprint density at radius 3 is 2.30 bits per heavy atom. The largest absolute Gasteiger partial charge is 0.495 e. The second-order valence-corrected chi connectivity index (χ2v) is 7.37. The second-order valence-electron chi connectivity index (χ2n) is 7.37. The Morgan fingerprint density at radius 2 is 1.80 bits per heavy atom. The van der Waals surface area contributed by atoms with Crippen LogP contribution in [0.15, 0.2) is 18.2 Å². The van der Waals surface area contributed by atoms with Gasteiger partial charge in [0.05, 0.1) is 12.8 Å². The zero-order chi connectivity index (χ0) is 15.4. The molecule has 0 heterocycles. The standard InChI is InChI=1S/C17H30N2O/c1-16(2,3)12-17(4,5)19-10-9-13-7-8-15(20-6)14(18)11-13/h7-8,11,19H,9-10,12,18H2,1-6H3. The molecule has 0 aromatic heterocycles. The molecule has 1 aromatic carbocycles. The van der Waals surface area contributed by atoms with Crippen LogP contribution in [0.3, 0.4) is 0 Å². The van der Waals surface area contributed by atoms with Crippen LogP contribution >= 0.6 is 0 Å². The van der Waals surface area contributed by atoms with E-state index in [1.807, 2.05) is 12.1 Å². The number of nitrogen functional groups attached to an aromatic ring is 1. The number of hydrogen-bond acceptors (Lipinski definition) is 3. The van der Waals surface area contributed by atoms with Crippen molar-refractivity contribution in [3.05, 3.63) is 23.8 Å². The van der Waals surface area contributed by atoms with Crippen molar-refractivity contribution >= 4 is 5.69 Å². The molecule has 1 aromatic rings. The van der Waals surface area contributed by atoms with Gasteiger partial charge in [-0.2, -0.15) is 0 Å². The Kier molecular flexibility index (Phi) is 5.46. The summed E-state index contributed by atoms with van der Waals surface area (Å²) < 4.78 is 5.17. The summed E-state index contributed by atoms with van der Waals surface area (Å²) in [4.78, 5) is 0. The molecule has 3 nitrogen and oxygen atoms in total. The van der Waals surface area contributed by atoms with Gasteiger partial charge in [0.25, 0.3) is 0 Å². The predicted molar refractivity (Wildman–Crippen MR) is 87.3 cm³/mol. The molecule has 20 heavy (non-hydrogen) atoms. The Labute approximate surface area is 123 Å². The van der Waals surface area contributed by atoms with E-state index in [-0.39, 0.29) is 5.54 Å². The monoisotopic (exact) mass is 278 g/mol. The Hall–Kier alpha value is -1.22. The maximum atomic E-state index is 5.93. The third-order valence-corrected chi connectivity index (χ3v) is 3.28. The van der Waals surface area contributed by atoms with Crippen molar-refractivity contribution in [3.8, 4) is 5.75 Å². The van der Waals surface area contributed by atoms with E-state index in [2.05, 4.69) is 46.0 Å². The van der Waals surface area contributed by atoms with Crippen molar-refractivity contribution in [2.24, 2.45) is 5.41 Å². The van der Waals surface area contributed by atoms with Gasteiger partial charge < -0.3 is 15.8 Å². The summed E-state index contributed by atoms with van der Waals surface area (Å²) in [7, 11) is 1.64. The van der Waals surface area contributed by atoms with Crippen molar-refractivity contribution < 1.29 is 4.74 Å². The quantitative estimate of drug-likeness (QED) is 0.781. The first-order chi connectivity index (χ1) is 9.13. The van der Waals surface area contributed by atoms with Crippen LogP contribution in [-0.2, 0) is 6.42 Å². The smallest absolute Gasteiger partial charge is 0.141 e. The maximum absolute atomic E-state index is 5.93. The molecular formula is C17H30N2O. The van der Waals surface area contributed by atoms with Crippen molar-refractivity contribution in [1.82, 2.24) is 5.32 Å². The number of ether oxygens (including phenoxy) is 1. The molecular weight excluding hydrogens is 248 g/mol. The van der Waals surface area contributed by atoms with Crippen LogP contribution in [0.5, 0.6) is 5.75 Å². The molecule has 3 N–H and O–H groups in total. The molecule has 0 aliphatic rings. The highest BCUT2D eigenvalue weighted by Gasteiger charge is 2.24. The van der Waals surface area contributed by atoms with E-state index >= 15 is 0 Å². The molecule has 1 rings (SSSR count). The SMILES string of the molecule is COc1ccc(CCNC(C)(C)CC(C)(C)C)cc1N. The number of hydrogen-bond donors (Lipinski definition) is 2. The third kappa shape index (κ3) is 5.83. The van der Waals surface area contributed by atoms with Crippen molar-refractivity contribution in [2.45, 2.75) is 53.0 Å². The van der Waals surface area contributed by atoms with E-state index in [4.69, 9.17) is 10.5 Å². The zero-order valence-electron chi connectivity index (χ0n) is 13.8. The van der Waals surface area contributed by atoms with E-state index in [1.54, 1.807) is 7.11 Å². The van der Waals surface area contributed by atoms with Crippen LogP contribution in [0.2, 0.25) is 0 Å². The topological polar surface area (TPSA) is 47.3 Å². The van der Waals surface area contributed by atoms with E-state index in [0.717, 1.165) is 25.1 Å². The highest BCUT2D eigenvalue weighted by atomic mass is 16.5.